The van der Waals surface area contributed by atoms with Gasteiger partial charge in [0.1, 0.15) is 0 Å². The maximum absolute atomic E-state index is 8.55. The monoisotopic (exact) mass is 394 g/mol. The molecule has 0 heterocycles. The minimum atomic E-state index is -5.39. The fraction of sp³-hybridized carbons (Fsp3) is 0. The molecule has 13 heteroatoms. The zero-order valence-corrected chi connectivity index (χ0v) is 11.7. The van der Waals surface area contributed by atoms with Crippen molar-refractivity contribution in [3.8, 4) is 0 Å². The van der Waals surface area contributed by atoms with E-state index in [0.29, 0.717) is 0 Å². The summed E-state index contributed by atoms with van der Waals surface area (Å²) in [7, 11) is -10.8. The maximum atomic E-state index is 8.55. The van der Waals surface area contributed by atoms with Gasteiger partial charge in [0, 0.05) is 38.2 Å². The average Bonchev–Trinajstić information content (AvgIpc) is 1.12. The Hall–Kier alpha value is 2.12. The molecule has 0 saturated carbocycles. The third-order valence-corrected chi connectivity index (χ3v) is 0. The van der Waals surface area contributed by atoms with Crippen molar-refractivity contribution in [3.63, 3.8) is 0 Å². The molecular weight excluding hydrogens is 392 g/mol. The molecule has 0 radical (unpaired) electrons. The fourth-order valence-electron chi connectivity index (χ4n) is 0. The molecule has 0 atom stereocenters. The summed E-state index contributed by atoms with van der Waals surface area (Å²) in [6, 6.07) is 0. The number of hydrogen-bond acceptors (Lipinski definition) is 8. The predicted molar refractivity (Wildman–Crippen MR) is 15.2 cm³/mol. The van der Waals surface area contributed by atoms with E-state index in [9.17, 15) is 0 Å². The zero-order chi connectivity index (χ0) is 9.00. The molecule has 0 saturated heterocycles. The summed E-state index contributed by atoms with van der Waals surface area (Å²) >= 11 is 0. The molecule has 0 bridgehead atoms. The second-order valence-corrected chi connectivity index (χ2v) is 2.68. The first-order valence-corrected chi connectivity index (χ1v) is 4.38. The molecule has 0 aromatic carbocycles. The van der Waals surface area contributed by atoms with Gasteiger partial charge < -0.3 is 38.5 Å². The van der Waals surface area contributed by atoms with Crippen molar-refractivity contribution >= 4 is 15.6 Å². The number of rotatable bonds is 0. The van der Waals surface area contributed by atoms with E-state index < -0.39 is 15.6 Å². The molecule has 0 aromatic rings. The minimum absolute atomic E-state index is 0. The van der Waals surface area contributed by atoms with Crippen molar-refractivity contribution in [1.82, 2.24) is 0 Å². The molecule has 13 heavy (non-hydrogen) atoms. The Morgan fingerprint density at radius 2 is 0.692 bits per heavy atom. The second kappa shape index (κ2) is 12.2. The van der Waals surface area contributed by atoms with Gasteiger partial charge in [0.25, 0.3) is 0 Å². The van der Waals surface area contributed by atoms with Crippen LogP contribution in [0.3, 0.4) is 0 Å². The van der Waals surface area contributed by atoms with Gasteiger partial charge in [-0.3, -0.25) is 0 Å². The first-order chi connectivity index (χ1) is 4.00. The molecule has 0 aliphatic rings. The quantitative estimate of drug-likeness (QED) is 0.290. The smallest absolute Gasteiger partial charge is 0.822 e. The van der Waals surface area contributed by atoms with Gasteiger partial charge >= 0.3 is 21.1 Å². The molecule has 0 aliphatic heterocycles. The SMILES string of the molecule is O=P([O-])([O-])[O-].O=P([O-])([O-])[O-].[Mo+6].[Ni].[Ti]. The number of phosphoric acid groups is 2. The van der Waals surface area contributed by atoms with Gasteiger partial charge in [0.05, 0.1) is 0 Å². The molecule has 0 spiro atoms. The van der Waals surface area contributed by atoms with Gasteiger partial charge in [-0.1, -0.05) is 0 Å². The Morgan fingerprint density at radius 1 is 0.692 bits per heavy atom. The van der Waals surface area contributed by atoms with Gasteiger partial charge in [0.15, 0.2) is 0 Å². The summed E-state index contributed by atoms with van der Waals surface area (Å²) in [4.78, 5) is 51.3. The van der Waals surface area contributed by atoms with Crippen molar-refractivity contribution < 1.29 is 97.8 Å². The molecule has 0 N–H and O–H groups in total. The van der Waals surface area contributed by atoms with Crippen molar-refractivity contribution in [3.05, 3.63) is 0 Å². The molecule has 0 fully saturated rings. The molecular formula is MoNiO8P2Ti. The van der Waals surface area contributed by atoms with Crippen LogP contribution in [0.5, 0.6) is 0 Å². The van der Waals surface area contributed by atoms with Crippen LogP contribution in [-0.2, 0) is 68.4 Å². The van der Waals surface area contributed by atoms with Crippen LogP contribution in [0.4, 0.5) is 0 Å². The summed E-state index contributed by atoms with van der Waals surface area (Å²) in [5, 5.41) is 0. The van der Waals surface area contributed by atoms with Crippen LogP contribution >= 0.6 is 15.6 Å². The molecule has 0 aliphatic carbocycles. The van der Waals surface area contributed by atoms with E-state index in [1.165, 1.54) is 0 Å². The van der Waals surface area contributed by atoms with Crippen LogP contribution in [0.2, 0.25) is 0 Å². The molecule has 0 rings (SSSR count). The fourth-order valence-corrected chi connectivity index (χ4v) is 0. The van der Waals surface area contributed by atoms with E-state index in [1.807, 2.05) is 0 Å². The van der Waals surface area contributed by atoms with Crippen molar-refractivity contribution in [1.29, 1.82) is 0 Å². The maximum Gasteiger partial charge on any atom is 6.00 e. The van der Waals surface area contributed by atoms with Crippen molar-refractivity contribution in [2.75, 3.05) is 0 Å². The van der Waals surface area contributed by atoms with Gasteiger partial charge in [-0.05, 0) is 0 Å². The van der Waals surface area contributed by atoms with E-state index in [2.05, 4.69) is 0 Å². The van der Waals surface area contributed by atoms with Crippen LogP contribution in [0.25, 0.3) is 0 Å². The van der Waals surface area contributed by atoms with Gasteiger partial charge in [-0.25, -0.2) is 0 Å². The summed E-state index contributed by atoms with van der Waals surface area (Å²) in [6.07, 6.45) is 0. The first kappa shape index (κ1) is 29.4. The summed E-state index contributed by atoms with van der Waals surface area (Å²) in [5.74, 6) is 0. The summed E-state index contributed by atoms with van der Waals surface area (Å²) in [5.41, 5.74) is 0. The normalized spacial score (nSPS) is 9.08. The van der Waals surface area contributed by atoms with E-state index >= 15 is 0 Å². The molecule has 0 amide bonds. The second-order valence-electron chi connectivity index (χ2n) is 0.894. The van der Waals surface area contributed by atoms with Gasteiger partial charge in [-0.2, -0.15) is 15.6 Å². The number of hydrogen-bond donors (Lipinski definition) is 0. The van der Waals surface area contributed by atoms with Gasteiger partial charge in [0.2, 0.25) is 0 Å². The Morgan fingerprint density at radius 3 is 0.692 bits per heavy atom. The third kappa shape index (κ3) is 463. The topological polar surface area (TPSA) is 172 Å². The van der Waals surface area contributed by atoms with Crippen LogP contribution in [-0.4, -0.2) is 0 Å². The van der Waals surface area contributed by atoms with Crippen LogP contribution < -0.4 is 29.4 Å². The van der Waals surface area contributed by atoms with E-state index in [-0.39, 0.29) is 59.3 Å². The van der Waals surface area contributed by atoms with Crippen molar-refractivity contribution in [2.24, 2.45) is 0 Å². The van der Waals surface area contributed by atoms with E-state index in [1.54, 1.807) is 0 Å². The first-order valence-electron chi connectivity index (χ1n) is 1.46. The molecule has 0 aromatic heterocycles. The average molecular weight is 392 g/mol. The minimum Gasteiger partial charge on any atom is -0.822 e. The predicted octanol–water partition coefficient (Wildman–Crippen LogP) is -5.66. The zero-order valence-electron chi connectivity index (χ0n) is 5.38. The molecule has 78 valence electrons. The van der Waals surface area contributed by atoms with Crippen molar-refractivity contribution in [2.45, 2.75) is 0 Å². The third-order valence-electron chi connectivity index (χ3n) is 0. The molecule has 0 unspecified atom stereocenters. The summed E-state index contributed by atoms with van der Waals surface area (Å²) < 4.78 is 17.1. The van der Waals surface area contributed by atoms with Crippen LogP contribution in [0.1, 0.15) is 0 Å². The standard InChI is InChI=1S/Mo.Ni.2H3O4P.Ti/c;;2*1-5(2,3)4;/h;;2*(H3,1,2,3,4);/q+6;;;;/p-6. The van der Waals surface area contributed by atoms with Gasteiger partial charge in [-0.15, -0.1) is 0 Å². The summed E-state index contributed by atoms with van der Waals surface area (Å²) in [6.45, 7) is 0. The Kier molecular flexibility index (Phi) is 27.6. The largest absolute Gasteiger partial charge is 6.00 e. The Balaban J connectivity index is -0.0000000267. The van der Waals surface area contributed by atoms with Crippen LogP contribution in [0.15, 0.2) is 0 Å². The Bertz CT molecular complexity index is 134. The van der Waals surface area contributed by atoms with Crippen LogP contribution in [0, 0.1) is 0 Å². The Labute approximate surface area is 113 Å². The van der Waals surface area contributed by atoms with E-state index in [4.69, 9.17) is 38.5 Å². The van der Waals surface area contributed by atoms with E-state index in [0.717, 1.165) is 0 Å². The molecule has 8 nitrogen and oxygen atoms in total.